The van der Waals surface area contributed by atoms with E-state index in [1.165, 1.54) is 0 Å². The summed E-state index contributed by atoms with van der Waals surface area (Å²) in [4.78, 5) is 3.62. The standard InChI is InChI=1S/C9H10F2N4/c10-9(11)6-3-5(1-2-12)8(14)7(4-13)15-6/h3,9H,1,4,13-14H2. The Bertz CT molecular complexity index is 398. The minimum absolute atomic E-state index is 0.0230. The molecule has 0 aliphatic heterocycles. The summed E-state index contributed by atoms with van der Waals surface area (Å²) in [6.45, 7) is -0.0230. The zero-order valence-electron chi connectivity index (χ0n) is 7.87. The third-order valence-electron chi connectivity index (χ3n) is 1.93. The van der Waals surface area contributed by atoms with Gasteiger partial charge in [-0.1, -0.05) is 0 Å². The maximum atomic E-state index is 12.4. The Morgan fingerprint density at radius 1 is 1.53 bits per heavy atom. The van der Waals surface area contributed by atoms with E-state index in [2.05, 4.69) is 4.98 Å². The van der Waals surface area contributed by atoms with E-state index < -0.39 is 12.1 Å². The molecule has 0 atom stereocenters. The molecule has 4 nitrogen and oxygen atoms in total. The van der Waals surface area contributed by atoms with Crippen LogP contribution in [-0.4, -0.2) is 4.98 Å². The molecule has 0 spiro atoms. The van der Waals surface area contributed by atoms with Crippen LogP contribution in [0.4, 0.5) is 14.5 Å². The predicted molar refractivity (Wildman–Crippen MR) is 50.8 cm³/mol. The Labute approximate surface area is 85.5 Å². The molecule has 0 aliphatic carbocycles. The number of nitrogen functional groups attached to an aromatic ring is 1. The fourth-order valence-corrected chi connectivity index (χ4v) is 1.19. The minimum Gasteiger partial charge on any atom is -0.397 e. The Hall–Kier alpha value is -1.74. The third kappa shape index (κ3) is 2.39. The van der Waals surface area contributed by atoms with Crippen LogP contribution in [-0.2, 0) is 13.0 Å². The quantitative estimate of drug-likeness (QED) is 0.785. The smallest absolute Gasteiger partial charge is 0.280 e. The fraction of sp³-hybridized carbons (Fsp3) is 0.333. The number of hydrogen-bond acceptors (Lipinski definition) is 4. The van der Waals surface area contributed by atoms with Crippen LogP contribution in [0.1, 0.15) is 23.4 Å². The molecule has 15 heavy (non-hydrogen) atoms. The van der Waals surface area contributed by atoms with E-state index in [1.54, 1.807) is 0 Å². The summed E-state index contributed by atoms with van der Waals surface area (Å²) in [5.41, 5.74) is 11.3. The lowest BCUT2D eigenvalue weighted by Gasteiger charge is -2.09. The van der Waals surface area contributed by atoms with E-state index in [9.17, 15) is 8.78 Å². The number of aromatic nitrogens is 1. The molecule has 0 unspecified atom stereocenters. The minimum atomic E-state index is -2.69. The van der Waals surface area contributed by atoms with Gasteiger partial charge in [-0.05, 0) is 11.6 Å². The second-order valence-corrected chi connectivity index (χ2v) is 2.91. The summed E-state index contributed by atoms with van der Waals surface area (Å²) in [6, 6.07) is 2.99. The molecule has 0 bridgehead atoms. The molecule has 1 heterocycles. The summed E-state index contributed by atoms with van der Waals surface area (Å²) < 4.78 is 24.8. The van der Waals surface area contributed by atoms with Crippen molar-refractivity contribution in [2.45, 2.75) is 19.4 Å². The van der Waals surface area contributed by atoms with Crippen LogP contribution in [0.25, 0.3) is 0 Å². The predicted octanol–water partition coefficient (Wildman–Crippen LogP) is 1.13. The average Bonchev–Trinajstić information content (AvgIpc) is 2.21. The molecule has 6 heteroatoms. The Morgan fingerprint density at radius 3 is 2.67 bits per heavy atom. The van der Waals surface area contributed by atoms with E-state index >= 15 is 0 Å². The Balaban J connectivity index is 3.26. The first-order valence-electron chi connectivity index (χ1n) is 4.23. The lowest BCUT2D eigenvalue weighted by atomic mass is 10.1. The zero-order valence-corrected chi connectivity index (χ0v) is 7.87. The molecule has 4 N–H and O–H groups in total. The van der Waals surface area contributed by atoms with E-state index in [0.717, 1.165) is 6.07 Å². The number of alkyl halides is 2. The summed E-state index contributed by atoms with van der Waals surface area (Å²) in [5, 5.41) is 8.49. The van der Waals surface area contributed by atoms with Gasteiger partial charge in [-0.15, -0.1) is 0 Å². The molecule has 0 aliphatic rings. The van der Waals surface area contributed by atoms with Crippen LogP contribution < -0.4 is 11.5 Å². The lowest BCUT2D eigenvalue weighted by molar-refractivity contribution is 0.145. The first-order chi connectivity index (χ1) is 7.10. The van der Waals surface area contributed by atoms with Gasteiger partial charge in [0.2, 0.25) is 0 Å². The van der Waals surface area contributed by atoms with Gasteiger partial charge in [0.05, 0.1) is 23.9 Å². The number of pyridine rings is 1. The highest BCUT2D eigenvalue weighted by molar-refractivity contribution is 5.52. The van der Waals surface area contributed by atoms with Crippen molar-refractivity contribution >= 4 is 5.69 Å². The molecule has 0 radical (unpaired) electrons. The van der Waals surface area contributed by atoms with Gasteiger partial charge in [0.1, 0.15) is 5.69 Å². The van der Waals surface area contributed by atoms with Crippen molar-refractivity contribution < 1.29 is 8.78 Å². The largest absolute Gasteiger partial charge is 0.397 e. The number of halogens is 2. The van der Waals surface area contributed by atoms with Crippen molar-refractivity contribution in [2.75, 3.05) is 5.73 Å². The summed E-state index contributed by atoms with van der Waals surface area (Å²) in [6.07, 6.45) is -2.71. The van der Waals surface area contributed by atoms with Crippen LogP contribution in [0.2, 0.25) is 0 Å². The first-order valence-corrected chi connectivity index (χ1v) is 4.23. The van der Waals surface area contributed by atoms with Gasteiger partial charge < -0.3 is 11.5 Å². The van der Waals surface area contributed by atoms with Crippen LogP contribution >= 0.6 is 0 Å². The van der Waals surface area contributed by atoms with Crippen LogP contribution in [0, 0.1) is 11.3 Å². The van der Waals surface area contributed by atoms with Crippen molar-refractivity contribution in [1.29, 1.82) is 5.26 Å². The number of nitrogens with zero attached hydrogens (tertiary/aromatic N) is 2. The highest BCUT2D eigenvalue weighted by Gasteiger charge is 2.14. The normalized spacial score (nSPS) is 10.3. The number of anilines is 1. The first kappa shape index (κ1) is 11.3. The fourth-order valence-electron chi connectivity index (χ4n) is 1.19. The van der Waals surface area contributed by atoms with Crippen LogP contribution in [0.3, 0.4) is 0 Å². The summed E-state index contributed by atoms with van der Waals surface area (Å²) in [7, 11) is 0. The van der Waals surface area contributed by atoms with E-state index in [-0.39, 0.29) is 24.3 Å². The molecule has 1 aromatic heterocycles. The van der Waals surface area contributed by atoms with Gasteiger partial charge in [0, 0.05) is 6.54 Å². The molecule has 1 aromatic rings. The van der Waals surface area contributed by atoms with Crippen molar-refractivity contribution in [1.82, 2.24) is 4.98 Å². The van der Waals surface area contributed by atoms with Crippen LogP contribution in [0.15, 0.2) is 6.07 Å². The maximum Gasteiger partial charge on any atom is 0.280 e. The van der Waals surface area contributed by atoms with E-state index in [4.69, 9.17) is 16.7 Å². The van der Waals surface area contributed by atoms with Gasteiger partial charge in [0.25, 0.3) is 6.43 Å². The van der Waals surface area contributed by atoms with Gasteiger partial charge in [0.15, 0.2) is 0 Å². The topological polar surface area (TPSA) is 88.7 Å². The third-order valence-corrected chi connectivity index (χ3v) is 1.93. The van der Waals surface area contributed by atoms with Crippen molar-refractivity contribution in [2.24, 2.45) is 5.73 Å². The summed E-state index contributed by atoms with van der Waals surface area (Å²) >= 11 is 0. The molecule has 0 aromatic carbocycles. The lowest BCUT2D eigenvalue weighted by Crippen LogP contribution is -2.09. The van der Waals surface area contributed by atoms with E-state index in [1.807, 2.05) is 6.07 Å². The Morgan fingerprint density at radius 2 is 2.20 bits per heavy atom. The number of rotatable bonds is 3. The second kappa shape index (κ2) is 4.66. The molecule has 0 saturated carbocycles. The SMILES string of the molecule is N#CCc1cc(C(F)F)nc(CN)c1N. The second-order valence-electron chi connectivity index (χ2n) is 2.91. The van der Waals surface area contributed by atoms with Crippen molar-refractivity contribution in [3.63, 3.8) is 0 Å². The molecular weight excluding hydrogens is 202 g/mol. The molecule has 1 rings (SSSR count). The number of nitriles is 1. The highest BCUT2D eigenvalue weighted by atomic mass is 19.3. The molecular formula is C9H10F2N4. The van der Waals surface area contributed by atoms with Gasteiger partial charge >= 0.3 is 0 Å². The zero-order chi connectivity index (χ0) is 11.4. The molecule has 0 saturated heterocycles. The van der Waals surface area contributed by atoms with Crippen molar-refractivity contribution in [3.8, 4) is 6.07 Å². The van der Waals surface area contributed by atoms with Gasteiger partial charge in [-0.3, -0.25) is 0 Å². The monoisotopic (exact) mass is 212 g/mol. The Kier molecular flexibility index (Phi) is 3.52. The van der Waals surface area contributed by atoms with Crippen molar-refractivity contribution in [3.05, 3.63) is 23.0 Å². The summed E-state index contributed by atoms with van der Waals surface area (Å²) in [5.74, 6) is 0. The molecule has 80 valence electrons. The maximum absolute atomic E-state index is 12.4. The highest BCUT2D eigenvalue weighted by Crippen LogP contribution is 2.23. The average molecular weight is 212 g/mol. The number of hydrogen-bond donors (Lipinski definition) is 2. The van der Waals surface area contributed by atoms with E-state index in [0.29, 0.717) is 5.56 Å². The van der Waals surface area contributed by atoms with Gasteiger partial charge in [-0.2, -0.15) is 5.26 Å². The molecule has 0 amide bonds. The number of nitrogens with two attached hydrogens (primary N) is 2. The van der Waals surface area contributed by atoms with Crippen LogP contribution in [0.5, 0.6) is 0 Å². The molecule has 0 fully saturated rings. The van der Waals surface area contributed by atoms with Gasteiger partial charge in [-0.25, -0.2) is 13.8 Å².